The van der Waals surface area contributed by atoms with Crippen LogP contribution < -0.4 is 5.32 Å². The molecule has 1 N–H and O–H groups in total. The van der Waals surface area contributed by atoms with E-state index in [2.05, 4.69) is 17.1 Å². The number of rotatable bonds is 1. The highest BCUT2D eigenvalue weighted by molar-refractivity contribution is 5.85. The topological polar surface area (TPSA) is 33.6 Å². The first-order valence-corrected chi connectivity index (χ1v) is 2.91. The normalized spacial score (nSPS) is 17.2. The molecule has 0 bridgehead atoms. The molecule has 3 heteroatoms. The lowest BCUT2D eigenvalue weighted by atomic mass is 10.2. The van der Waals surface area contributed by atoms with Crippen molar-refractivity contribution >= 4 is 5.84 Å². The molecule has 0 aromatic rings. The molecule has 1 heterocycles. The fourth-order valence-corrected chi connectivity index (χ4v) is 0.543. The first-order chi connectivity index (χ1) is 4.20. The summed E-state index contributed by atoms with van der Waals surface area (Å²) < 4.78 is 0. The van der Waals surface area contributed by atoms with Gasteiger partial charge in [0.25, 0.3) is 0 Å². The Balaban J connectivity index is 2.55. The van der Waals surface area contributed by atoms with Crippen molar-refractivity contribution in [1.82, 2.24) is 5.32 Å². The van der Waals surface area contributed by atoms with E-state index in [-0.39, 0.29) is 0 Å². The zero-order valence-electron chi connectivity index (χ0n) is 5.64. The third-order valence-corrected chi connectivity index (χ3v) is 1.07. The lowest BCUT2D eigenvalue weighted by Gasteiger charge is -1.99. The molecule has 3 nitrogen and oxygen atoms in total. The van der Waals surface area contributed by atoms with E-state index in [1.54, 1.807) is 0 Å². The van der Waals surface area contributed by atoms with Gasteiger partial charge in [0.2, 0.25) is 5.88 Å². The van der Waals surface area contributed by atoms with E-state index < -0.39 is 0 Å². The maximum Gasteiger partial charge on any atom is 0.221 e. The summed E-state index contributed by atoms with van der Waals surface area (Å²) in [6, 6.07) is 0. The second-order valence-electron chi connectivity index (χ2n) is 2.27. The fraction of sp³-hybridized carbons (Fsp3) is 0.500. The zero-order chi connectivity index (χ0) is 6.85. The molecule has 1 aliphatic heterocycles. The minimum Gasteiger partial charge on any atom is -0.337 e. The van der Waals surface area contributed by atoms with Gasteiger partial charge < -0.3 is 10.2 Å². The number of nitrogens with zero attached hydrogens (tertiary/aromatic N) is 1. The molecule has 1 aliphatic rings. The molecule has 0 unspecified atom stereocenters. The number of oxime groups is 1. The summed E-state index contributed by atoms with van der Waals surface area (Å²) in [6.45, 7) is 7.61. The molecule has 0 atom stereocenters. The van der Waals surface area contributed by atoms with E-state index in [1.165, 1.54) is 0 Å². The van der Waals surface area contributed by atoms with Crippen molar-refractivity contribution in [1.29, 1.82) is 0 Å². The van der Waals surface area contributed by atoms with E-state index in [0.717, 1.165) is 5.84 Å². The maximum absolute atomic E-state index is 4.71. The van der Waals surface area contributed by atoms with Gasteiger partial charge in [0.15, 0.2) is 5.84 Å². The standard InChI is InChI=1S/C6H10N2O/c1-4(2)6-7-5(3)9-8-6/h4H,3H2,1-2H3,(H,7,8). The molecule has 50 valence electrons. The molecule has 0 aromatic carbocycles. The van der Waals surface area contributed by atoms with Crippen molar-refractivity contribution in [3.8, 4) is 0 Å². The molecule has 0 aromatic heterocycles. The van der Waals surface area contributed by atoms with Crippen LogP contribution in [0.15, 0.2) is 17.6 Å². The largest absolute Gasteiger partial charge is 0.337 e. The molecule has 0 radical (unpaired) electrons. The van der Waals surface area contributed by atoms with Gasteiger partial charge in [-0.15, -0.1) is 0 Å². The second kappa shape index (κ2) is 2.09. The third-order valence-electron chi connectivity index (χ3n) is 1.07. The summed E-state index contributed by atoms with van der Waals surface area (Å²) in [5.74, 6) is 1.74. The molecule has 0 amide bonds. The third kappa shape index (κ3) is 1.22. The van der Waals surface area contributed by atoms with Crippen molar-refractivity contribution in [2.45, 2.75) is 13.8 Å². The van der Waals surface area contributed by atoms with Crippen LogP contribution >= 0.6 is 0 Å². The summed E-state index contributed by atoms with van der Waals surface area (Å²) in [6.07, 6.45) is 0. The zero-order valence-corrected chi connectivity index (χ0v) is 5.64. The predicted molar refractivity (Wildman–Crippen MR) is 35.6 cm³/mol. The summed E-state index contributed by atoms with van der Waals surface area (Å²) in [4.78, 5) is 4.71. The average Bonchev–Trinajstić information content (AvgIpc) is 2.14. The highest BCUT2D eigenvalue weighted by Crippen LogP contribution is 2.05. The Morgan fingerprint density at radius 1 is 1.67 bits per heavy atom. The van der Waals surface area contributed by atoms with Gasteiger partial charge >= 0.3 is 0 Å². The quantitative estimate of drug-likeness (QED) is 0.569. The van der Waals surface area contributed by atoms with E-state index in [1.807, 2.05) is 13.8 Å². The Morgan fingerprint density at radius 2 is 2.33 bits per heavy atom. The lowest BCUT2D eigenvalue weighted by molar-refractivity contribution is 0.240. The molecule has 0 fully saturated rings. The Labute approximate surface area is 54.4 Å². The monoisotopic (exact) mass is 126 g/mol. The van der Waals surface area contributed by atoms with Crippen LogP contribution in [0.25, 0.3) is 0 Å². The number of hydrogen-bond acceptors (Lipinski definition) is 3. The van der Waals surface area contributed by atoms with Crippen LogP contribution in [0.4, 0.5) is 0 Å². The lowest BCUT2D eigenvalue weighted by Crippen LogP contribution is -2.21. The Kier molecular flexibility index (Phi) is 1.42. The van der Waals surface area contributed by atoms with E-state index in [0.29, 0.717) is 11.8 Å². The fourth-order valence-electron chi connectivity index (χ4n) is 0.543. The molecular formula is C6H10N2O. The van der Waals surface area contributed by atoms with Crippen molar-refractivity contribution in [2.75, 3.05) is 0 Å². The van der Waals surface area contributed by atoms with Gasteiger partial charge in [0, 0.05) is 5.92 Å². The Bertz CT molecular complexity index is 160. The summed E-state index contributed by atoms with van der Waals surface area (Å²) >= 11 is 0. The number of hydrogen-bond donors (Lipinski definition) is 1. The second-order valence-corrected chi connectivity index (χ2v) is 2.27. The van der Waals surface area contributed by atoms with Gasteiger partial charge in [0.05, 0.1) is 0 Å². The predicted octanol–water partition coefficient (Wildman–Crippen LogP) is 1.05. The van der Waals surface area contributed by atoms with E-state index in [4.69, 9.17) is 4.84 Å². The SMILES string of the molecule is C=C1NC(C(C)C)=NO1. The minimum atomic E-state index is 0.379. The van der Waals surface area contributed by atoms with Crippen LogP contribution in [0, 0.1) is 5.92 Å². The maximum atomic E-state index is 4.71. The van der Waals surface area contributed by atoms with E-state index in [9.17, 15) is 0 Å². The van der Waals surface area contributed by atoms with Crippen molar-refractivity contribution in [3.63, 3.8) is 0 Å². The van der Waals surface area contributed by atoms with Crippen molar-refractivity contribution in [2.24, 2.45) is 11.1 Å². The van der Waals surface area contributed by atoms with Gasteiger partial charge in [-0.25, -0.2) is 0 Å². The van der Waals surface area contributed by atoms with Gasteiger partial charge in [-0.2, -0.15) is 0 Å². The first kappa shape index (κ1) is 6.13. The summed E-state index contributed by atoms with van der Waals surface area (Å²) in [5, 5.41) is 6.61. The number of nitrogens with one attached hydrogen (secondary N) is 1. The minimum absolute atomic E-state index is 0.379. The van der Waals surface area contributed by atoms with Crippen LogP contribution in [0.1, 0.15) is 13.8 Å². The van der Waals surface area contributed by atoms with Crippen LogP contribution in [-0.4, -0.2) is 5.84 Å². The molecular weight excluding hydrogens is 116 g/mol. The summed E-state index contributed by atoms with van der Waals surface area (Å²) in [5.41, 5.74) is 0. The van der Waals surface area contributed by atoms with Crippen LogP contribution in [0.2, 0.25) is 0 Å². The smallest absolute Gasteiger partial charge is 0.221 e. The van der Waals surface area contributed by atoms with Gasteiger partial charge in [0.1, 0.15) is 0 Å². The summed E-state index contributed by atoms with van der Waals surface area (Å²) in [7, 11) is 0. The van der Waals surface area contributed by atoms with Crippen LogP contribution in [-0.2, 0) is 4.84 Å². The van der Waals surface area contributed by atoms with Crippen LogP contribution in [0.3, 0.4) is 0 Å². The van der Waals surface area contributed by atoms with Crippen LogP contribution in [0.5, 0.6) is 0 Å². The first-order valence-electron chi connectivity index (χ1n) is 2.91. The molecule has 9 heavy (non-hydrogen) atoms. The molecule has 1 rings (SSSR count). The molecule has 0 spiro atoms. The Morgan fingerprint density at radius 3 is 2.56 bits per heavy atom. The van der Waals surface area contributed by atoms with Gasteiger partial charge in [-0.1, -0.05) is 19.0 Å². The van der Waals surface area contributed by atoms with Gasteiger partial charge in [-0.05, 0) is 6.58 Å². The number of amidine groups is 1. The van der Waals surface area contributed by atoms with E-state index >= 15 is 0 Å². The van der Waals surface area contributed by atoms with Crippen molar-refractivity contribution in [3.05, 3.63) is 12.5 Å². The highest BCUT2D eigenvalue weighted by atomic mass is 16.7. The van der Waals surface area contributed by atoms with Crippen molar-refractivity contribution < 1.29 is 4.84 Å². The Hall–Kier alpha value is -0.990. The molecule has 0 saturated heterocycles. The molecule has 0 aliphatic carbocycles. The molecule has 0 saturated carbocycles. The average molecular weight is 126 g/mol. The van der Waals surface area contributed by atoms with Gasteiger partial charge in [-0.3, -0.25) is 0 Å². The highest BCUT2D eigenvalue weighted by Gasteiger charge is 2.13.